The van der Waals surface area contributed by atoms with Crippen LogP contribution in [0.25, 0.3) is 0 Å². The van der Waals surface area contributed by atoms with Crippen LogP contribution in [-0.4, -0.2) is 26.3 Å². The van der Waals surface area contributed by atoms with Crippen molar-refractivity contribution in [3.8, 4) is 0 Å². The molecule has 4 saturated carbocycles. The van der Waals surface area contributed by atoms with Crippen LogP contribution in [0.3, 0.4) is 0 Å². The first-order valence-corrected chi connectivity index (χ1v) is 8.45. The molecule has 4 aliphatic carbocycles. The Balaban J connectivity index is 1.37. The molecule has 0 spiro atoms. The van der Waals surface area contributed by atoms with E-state index in [0.29, 0.717) is 19.1 Å². The van der Waals surface area contributed by atoms with Gasteiger partial charge in [0.2, 0.25) is 0 Å². The molecule has 3 heteroatoms. The molecule has 7 atom stereocenters. The molecule has 0 aromatic carbocycles. The van der Waals surface area contributed by atoms with Crippen molar-refractivity contribution >= 4 is 5.97 Å². The number of esters is 1. The van der Waals surface area contributed by atoms with Crippen LogP contribution >= 0.6 is 0 Å². The number of rotatable bonds is 5. The molecule has 4 fully saturated rings. The van der Waals surface area contributed by atoms with Crippen LogP contribution in [0.15, 0.2) is 0 Å². The zero-order valence-corrected chi connectivity index (χ0v) is 12.4. The van der Waals surface area contributed by atoms with Crippen molar-refractivity contribution in [2.24, 2.45) is 41.4 Å². The van der Waals surface area contributed by atoms with Crippen LogP contribution in [-0.2, 0) is 14.3 Å². The minimum Gasteiger partial charge on any atom is -0.465 e. The highest BCUT2D eigenvalue weighted by molar-refractivity contribution is 5.73. The predicted octanol–water partition coefficient (Wildman–Crippen LogP) is 2.88. The molecule has 0 N–H and O–H groups in total. The summed E-state index contributed by atoms with van der Waals surface area (Å²) in [5.41, 5.74) is 0. The lowest BCUT2D eigenvalue weighted by Gasteiger charge is -2.37. The van der Waals surface area contributed by atoms with Gasteiger partial charge in [0.25, 0.3) is 0 Å². The fraction of sp³-hybridized carbons (Fsp3) is 0.941. The Morgan fingerprint density at radius 3 is 2.60 bits per heavy atom. The second-order valence-electron chi connectivity index (χ2n) is 7.50. The second-order valence-corrected chi connectivity index (χ2v) is 7.50. The van der Waals surface area contributed by atoms with E-state index < -0.39 is 0 Å². The summed E-state index contributed by atoms with van der Waals surface area (Å²) in [4.78, 5) is 12.3. The summed E-state index contributed by atoms with van der Waals surface area (Å²) in [6, 6.07) is 0. The first-order valence-electron chi connectivity index (χ1n) is 8.45. The third-order valence-electron chi connectivity index (χ3n) is 6.77. The first kappa shape index (κ1) is 13.1. The number of methoxy groups -OCH3 is 1. The third kappa shape index (κ3) is 1.85. The summed E-state index contributed by atoms with van der Waals surface area (Å²) >= 11 is 0. The number of carbonyl (C=O) groups excluding carboxylic acids is 1. The molecule has 0 aliphatic heterocycles. The summed E-state index contributed by atoms with van der Waals surface area (Å²) in [7, 11) is 1.69. The molecule has 7 unspecified atom stereocenters. The predicted molar refractivity (Wildman–Crippen MR) is 75.0 cm³/mol. The monoisotopic (exact) mass is 278 g/mol. The highest BCUT2D eigenvalue weighted by Crippen LogP contribution is 2.68. The van der Waals surface area contributed by atoms with Gasteiger partial charge in [-0.1, -0.05) is 0 Å². The molecular weight excluding hydrogens is 252 g/mol. The van der Waals surface area contributed by atoms with E-state index in [1.165, 1.54) is 25.7 Å². The van der Waals surface area contributed by atoms with Gasteiger partial charge in [-0.2, -0.15) is 0 Å². The van der Waals surface area contributed by atoms with Gasteiger partial charge in [0, 0.05) is 20.1 Å². The summed E-state index contributed by atoms with van der Waals surface area (Å²) in [5, 5.41) is 0. The van der Waals surface area contributed by atoms with Gasteiger partial charge in [0.15, 0.2) is 0 Å². The highest BCUT2D eigenvalue weighted by Gasteiger charge is 2.63. The Morgan fingerprint density at radius 1 is 1.00 bits per heavy atom. The highest BCUT2D eigenvalue weighted by atomic mass is 16.5. The molecular formula is C17H26O3. The second kappa shape index (κ2) is 5.01. The van der Waals surface area contributed by atoms with E-state index in [0.717, 1.165) is 42.4 Å². The van der Waals surface area contributed by atoms with Crippen molar-refractivity contribution in [2.75, 3.05) is 20.3 Å². The molecule has 4 rings (SSSR count). The van der Waals surface area contributed by atoms with Gasteiger partial charge >= 0.3 is 5.97 Å². The van der Waals surface area contributed by atoms with E-state index in [9.17, 15) is 4.79 Å². The SMILES string of the molecule is COCCCOC(=O)C1CC2CC1C1C3CCC(C3)C21. The van der Waals surface area contributed by atoms with E-state index in [4.69, 9.17) is 9.47 Å². The fourth-order valence-corrected chi connectivity index (χ4v) is 6.32. The van der Waals surface area contributed by atoms with Crippen LogP contribution in [0.1, 0.15) is 38.5 Å². The molecule has 3 nitrogen and oxygen atoms in total. The van der Waals surface area contributed by atoms with Gasteiger partial charge in [0.05, 0.1) is 12.5 Å². The van der Waals surface area contributed by atoms with Gasteiger partial charge in [-0.05, 0) is 67.6 Å². The van der Waals surface area contributed by atoms with E-state index in [2.05, 4.69) is 0 Å². The van der Waals surface area contributed by atoms with Crippen molar-refractivity contribution in [1.82, 2.24) is 0 Å². The summed E-state index contributed by atoms with van der Waals surface area (Å²) in [6.07, 6.45) is 7.64. The molecule has 0 radical (unpaired) electrons. The Kier molecular flexibility index (Phi) is 3.29. The lowest BCUT2D eigenvalue weighted by atomic mass is 9.67. The molecule has 4 aliphatic rings. The molecule has 0 aromatic heterocycles. The molecule has 20 heavy (non-hydrogen) atoms. The summed E-state index contributed by atoms with van der Waals surface area (Å²) < 4.78 is 10.5. The van der Waals surface area contributed by atoms with Crippen LogP contribution < -0.4 is 0 Å². The fourth-order valence-electron chi connectivity index (χ4n) is 6.32. The smallest absolute Gasteiger partial charge is 0.309 e. The normalized spacial score (nSPS) is 47.8. The Labute approximate surface area is 121 Å². The maximum absolute atomic E-state index is 12.3. The third-order valence-corrected chi connectivity index (χ3v) is 6.77. The quantitative estimate of drug-likeness (QED) is 0.441. The van der Waals surface area contributed by atoms with Crippen molar-refractivity contribution in [3.05, 3.63) is 0 Å². The van der Waals surface area contributed by atoms with E-state index in [1.54, 1.807) is 7.11 Å². The zero-order valence-electron chi connectivity index (χ0n) is 12.4. The Bertz CT molecular complexity index is 394. The standard InChI is InChI=1S/C17H26O3/c1-19-5-2-6-20-17(18)14-9-12-8-13(14)16-11-4-3-10(7-11)15(12)16/h10-16H,2-9H2,1H3. The minimum absolute atomic E-state index is 0.0924. The van der Waals surface area contributed by atoms with Crippen LogP contribution in [0.4, 0.5) is 0 Å². The van der Waals surface area contributed by atoms with Gasteiger partial charge < -0.3 is 9.47 Å². The lowest BCUT2D eigenvalue weighted by Crippen LogP contribution is -2.36. The zero-order chi connectivity index (χ0) is 13.7. The largest absolute Gasteiger partial charge is 0.465 e. The maximum Gasteiger partial charge on any atom is 0.309 e. The number of hydrogen-bond acceptors (Lipinski definition) is 3. The molecule has 4 bridgehead atoms. The number of hydrogen-bond donors (Lipinski definition) is 0. The number of fused-ring (bicyclic) bond motifs is 9. The summed E-state index contributed by atoms with van der Waals surface area (Å²) in [5.74, 6) is 5.65. The Hall–Kier alpha value is -0.570. The lowest BCUT2D eigenvalue weighted by molar-refractivity contribution is -0.152. The van der Waals surface area contributed by atoms with E-state index in [-0.39, 0.29) is 11.9 Å². The van der Waals surface area contributed by atoms with E-state index >= 15 is 0 Å². The van der Waals surface area contributed by atoms with Crippen molar-refractivity contribution in [1.29, 1.82) is 0 Å². The van der Waals surface area contributed by atoms with Crippen LogP contribution in [0, 0.1) is 41.4 Å². The topological polar surface area (TPSA) is 35.5 Å². The summed E-state index contributed by atoms with van der Waals surface area (Å²) in [6.45, 7) is 1.21. The minimum atomic E-state index is 0.0924. The van der Waals surface area contributed by atoms with Gasteiger partial charge in [-0.25, -0.2) is 0 Å². The van der Waals surface area contributed by atoms with Crippen LogP contribution in [0.2, 0.25) is 0 Å². The van der Waals surface area contributed by atoms with Gasteiger partial charge in [-0.3, -0.25) is 4.79 Å². The van der Waals surface area contributed by atoms with Crippen LogP contribution in [0.5, 0.6) is 0 Å². The van der Waals surface area contributed by atoms with Crippen molar-refractivity contribution in [3.63, 3.8) is 0 Å². The average molecular weight is 278 g/mol. The molecule has 0 aromatic rings. The molecule has 0 saturated heterocycles. The molecule has 0 amide bonds. The molecule has 112 valence electrons. The number of carbonyl (C=O) groups is 1. The average Bonchev–Trinajstić information content (AvgIpc) is 3.20. The van der Waals surface area contributed by atoms with Gasteiger partial charge in [-0.15, -0.1) is 0 Å². The number of ether oxygens (including phenoxy) is 2. The van der Waals surface area contributed by atoms with Gasteiger partial charge in [0.1, 0.15) is 0 Å². The maximum atomic E-state index is 12.3. The first-order chi connectivity index (χ1) is 9.79. The van der Waals surface area contributed by atoms with E-state index in [1.807, 2.05) is 0 Å². The van der Waals surface area contributed by atoms with Crippen molar-refractivity contribution in [2.45, 2.75) is 38.5 Å². The Morgan fingerprint density at radius 2 is 1.80 bits per heavy atom. The molecule has 0 heterocycles. The van der Waals surface area contributed by atoms with Crippen molar-refractivity contribution < 1.29 is 14.3 Å².